The molecule has 3 N–H and O–H groups in total. The lowest BCUT2D eigenvalue weighted by molar-refractivity contribution is 0.0699. The Hall–Kier alpha value is -3.03. The number of aromatic nitrogens is 4. The van der Waals surface area contributed by atoms with Crippen LogP contribution in [0.5, 0.6) is 0 Å². The molecular weight excluding hydrogens is 389 g/mol. The average Bonchev–Trinajstić information content (AvgIpc) is 3.23. The number of anilines is 2. The fourth-order valence-corrected chi connectivity index (χ4v) is 3.13. The first-order valence-corrected chi connectivity index (χ1v) is 8.66. The topological polar surface area (TPSA) is 95.8 Å². The van der Waals surface area contributed by atoms with Gasteiger partial charge in [0, 0.05) is 18.8 Å². The number of aromatic carboxylic acids is 1. The van der Waals surface area contributed by atoms with Gasteiger partial charge in [0.05, 0.1) is 32.5 Å². The van der Waals surface area contributed by atoms with Gasteiger partial charge in [0.15, 0.2) is 0 Å². The van der Waals surface area contributed by atoms with Crippen LogP contribution in [0.15, 0.2) is 42.6 Å². The molecule has 0 bridgehead atoms. The van der Waals surface area contributed by atoms with Gasteiger partial charge in [-0.3, -0.25) is 4.68 Å². The van der Waals surface area contributed by atoms with E-state index in [-0.39, 0.29) is 5.56 Å². The van der Waals surface area contributed by atoms with Crippen LogP contribution < -0.4 is 5.32 Å². The summed E-state index contributed by atoms with van der Waals surface area (Å²) in [5.74, 6) is -0.716. The number of hydrogen-bond acceptors (Lipinski definition) is 4. The number of imidazole rings is 1. The Bertz CT molecular complexity index is 1180. The molecular formula is C18H13Cl2N5O2. The summed E-state index contributed by atoms with van der Waals surface area (Å²) in [5, 5.41) is 17.7. The summed E-state index contributed by atoms with van der Waals surface area (Å²) in [5.41, 5.74) is 2.89. The van der Waals surface area contributed by atoms with Crippen molar-refractivity contribution in [2.24, 2.45) is 7.05 Å². The van der Waals surface area contributed by atoms with Crippen molar-refractivity contribution in [1.82, 2.24) is 19.7 Å². The summed E-state index contributed by atoms with van der Waals surface area (Å²) in [7, 11) is 1.80. The Morgan fingerprint density at radius 2 is 2.07 bits per heavy atom. The summed E-state index contributed by atoms with van der Waals surface area (Å²) < 4.78 is 1.65. The predicted molar refractivity (Wildman–Crippen MR) is 105 cm³/mol. The number of nitrogens with zero attached hydrogens (tertiary/aromatic N) is 3. The molecule has 7 nitrogen and oxygen atoms in total. The van der Waals surface area contributed by atoms with Crippen LogP contribution in [-0.2, 0) is 7.05 Å². The number of halogens is 2. The predicted octanol–water partition coefficient (Wildman–Crippen LogP) is 4.71. The van der Waals surface area contributed by atoms with E-state index in [9.17, 15) is 9.90 Å². The van der Waals surface area contributed by atoms with E-state index in [4.69, 9.17) is 23.2 Å². The number of fused-ring (bicyclic) bond motifs is 1. The first-order chi connectivity index (χ1) is 12.9. The number of carboxylic acid groups (broad SMARTS) is 1. The summed E-state index contributed by atoms with van der Waals surface area (Å²) in [6.45, 7) is 0. The lowest BCUT2D eigenvalue weighted by Gasteiger charge is -2.05. The Kier molecular flexibility index (Phi) is 4.25. The van der Waals surface area contributed by atoms with Gasteiger partial charge in [-0.1, -0.05) is 29.3 Å². The highest BCUT2D eigenvalue weighted by molar-refractivity contribution is 6.43. The quantitative estimate of drug-likeness (QED) is 0.459. The first-order valence-electron chi connectivity index (χ1n) is 7.90. The number of benzene rings is 2. The third kappa shape index (κ3) is 3.22. The molecule has 0 saturated carbocycles. The van der Waals surface area contributed by atoms with E-state index in [0.29, 0.717) is 44.0 Å². The average molecular weight is 402 g/mol. The van der Waals surface area contributed by atoms with Crippen LogP contribution in [0.4, 0.5) is 11.6 Å². The van der Waals surface area contributed by atoms with Gasteiger partial charge in [-0.05, 0) is 30.3 Å². The zero-order chi connectivity index (χ0) is 19.1. The third-order valence-corrected chi connectivity index (χ3v) is 4.85. The van der Waals surface area contributed by atoms with Gasteiger partial charge in [-0.15, -0.1) is 0 Å². The molecule has 0 radical (unpaired) electrons. The van der Waals surface area contributed by atoms with Crippen molar-refractivity contribution in [2.45, 2.75) is 0 Å². The van der Waals surface area contributed by atoms with E-state index in [1.807, 2.05) is 12.1 Å². The molecule has 0 atom stereocenters. The summed E-state index contributed by atoms with van der Waals surface area (Å²) >= 11 is 12.2. The number of rotatable bonds is 4. The SMILES string of the molecule is Cn1ccc(-c2cc(C(=O)O)c3nc(Nc4cccc(Cl)c4Cl)[nH]c3c2)n1. The number of aryl methyl sites for hydroxylation is 1. The maximum absolute atomic E-state index is 11.7. The Morgan fingerprint density at radius 3 is 2.78 bits per heavy atom. The monoisotopic (exact) mass is 401 g/mol. The number of carboxylic acids is 1. The van der Waals surface area contributed by atoms with Gasteiger partial charge in [0.1, 0.15) is 5.52 Å². The molecule has 0 aliphatic carbocycles. The van der Waals surface area contributed by atoms with E-state index >= 15 is 0 Å². The standard InChI is InChI=1S/C18H13Cl2N5O2/c1-25-6-5-12(24-25)9-7-10(17(26)27)16-14(8-9)22-18(23-16)21-13-4-2-3-11(19)15(13)20/h2-8H,1H3,(H,26,27)(H2,21,22,23). The van der Waals surface area contributed by atoms with Gasteiger partial charge in [0.2, 0.25) is 5.95 Å². The van der Waals surface area contributed by atoms with Gasteiger partial charge < -0.3 is 15.4 Å². The van der Waals surface area contributed by atoms with E-state index in [1.54, 1.807) is 42.2 Å². The maximum atomic E-state index is 11.7. The van der Waals surface area contributed by atoms with E-state index in [2.05, 4.69) is 20.4 Å². The highest BCUT2D eigenvalue weighted by atomic mass is 35.5. The van der Waals surface area contributed by atoms with E-state index in [1.165, 1.54) is 0 Å². The first kappa shape index (κ1) is 17.4. The zero-order valence-electron chi connectivity index (χ0n) is 14.0. The number of hydrogen-bond donors (Lipinski definition) is 3. The largest absolute Gasteiger partial charge is 0.478 e. The molecule has 0 aliphatic heterocycles. The van der Waals surface area contributed by atoms with Crippen molar-refractivity contribution < 1.29 is 9.90 Å². The summed E-state index contributed by atoms with van der Waals surface area (Å²) in [6.07, 6.45) is 1.79. The minimum atomic E-state index is -1.07. The number of aromatic amines is 1. The van der Waals surface area contributed by atoms with Crippen LogP contribution in [0.3, 0.4) is 0 Å². The molecule has 0 spiro atoms. The van der Waals surface area contributed by atoms with Gasteiger partial charge in [-0.2, -0.15) is 5.10 Å². The van der Waals surface area contributed by atoms with Crippen LogP contribution in [0.1, 0.15) is 10.4 Å². The molecule has 2 heterocycles. The Morgan fingerprint density at radius 1 is 1.26 bits per heavy atom. The molecule has 0 fully saturated rings. The molecule has 4 rings (SSSR count). The molecule has 0 amide bonds. The highest BCUT2D eigenvalue weighted by Crippen LogP contribution is 2.32. The fourth-order valence-electron chi connectivity index (χ4n) is 2.78. The van der Waals surface area contributed by atoms with E-state index < -0.39 is 5.97 Å². The van der Waals surface area contributed by atoms with Crippen molar-refractivity contribution in [3.05, 3.63) is 58.2 Å². The molecule has 2 aromatic carbocycles. The molecule has 4 aromatic rings. The minimum absolute atomic E-state index is 0.0784. The van der Waals surface area contributed by atoms with Crippen LogP contribution in [0.2, 0.25) is 10.0 Å². The summed E-state index contributed by atoms with van der Waals surface area (Å²) in [6, 6.07) is 10.4. The fraction of sp³-hybridized carbons (Fsp3) is 0.0556. The normalized spacial score (nSPS) is 11.1. The minimum Gasteiger partial charge on any atom is -0.478 e. The lowest BCUT2D eigenvalue weighted by Crippen LogP contribution is -1.99. The van der Waals surface area contributed by atoms with Crippen LogP contribution in [0, 0.1) is 0 Å². The van der Waals surface area contributed by atoms with E-state index in [0.717, 1.165) is 0 Å². The highest BCUT2D eigenvalue weighted by Gasteiger charge is 2.17. The summed E-state index contributed by atoms with van der Waals surface area (Å²) in [4.78, 5) is 19.2. The van der Waals surface area contributed by atoms with Crippen molar-refractivity contribution in [1.29, 1.82) is 0 Å². The lowest BCUT2D eigenvalue weighted by atomic mass is 10.1. The van der Waals surface area contributed by atoms with Crippen molar-refractivity contribution in [2.75, 3.05) is 5.32 Å². The molecule has 136 valence electrons. The van der Waals surface area contributed by atoms with Crippen LogP contribution in [-0.4, -0.2) is 30.8 Å². The van der Waals surface area contributed by atoms with Crippen molar-refractivity contribution >= 4 is 51.8 Å². The van der Waals surface area contributed by atoms with Crippen LogP contribution >= 0.6 is 23.2 Å². The smallest absolute Gasteiger partial charge is 0.338 e. The second-order valence-electron chi connectivity index (χ2n) is 5.91. The molecule has 0 unspecified atom stereocenters. The third-order valence-electron chi connectivity index (χ3n) is 4.03. The number of nitrogens with one attached hydrogen (secondary N) is 2. The van der Waals surface area contributed by atoms with Gasteiger partial charge in [-0.25, -0.2) is 9.78 Å². The number of carbonyl (C=O) groups is 1. The Balaban J connectivity index is 1.82. The molecule has 2 aromatic heterocycles. The Labute approximate surface area is 163 Å². The zero-order valence-corrected chi connectivity index (χ0v) is 15.5. The molecule has 0 aliphatic rings. The molecule has 0 saturated heterocycles. The van der Waals surface area contributed by atoms with Crippen molar-refractivity contribution in [3.63, 3.8) is 0 Å². The van der Waals surface area contributed by atoms with Gasteiger partial charge >= 0.3 is 5.97 Å². The number of H-pyrrole nitrogens is 1. The molecule has 27 heavy (non-hydrogen) atoms. The molecule has 9 heteroatoms. The van der Waals surface area contributed by atoms with Gasteiger partial charge in [0.25, 0.3) is 0 Å². The second kappa shape index (κ2) is 6.61. The van der Waals surface area contributed by atoms with Crippen molar-refractivity contribution in [3.8, 4) is 11.3 Å². The van der Waals surface area contributed by atoms with Crippen LogP contribution in [0.25, 0.3) is 22.3 Å². The second-order valence-corrected chi connectivity index (χ2v) is 6.70. The maximum Gasteiger partial charge on any atom is 0.338 e.